The summed E-state index contributed by atoms with van der Waals surface area (Å²) in [5, 5.41) is 2.85. The fraction of sp³-hybridized carbons (Fsp3) is 0.389. The smallest absolute Gasteiger partial charge is 0.268 e. The normalized spacial score (nSPS) is 14.7. The molecule has 1 heterocycles. The lowest BCUT2D eigenvalue weighted by Crippen LogP contribution is -2.34. The molecule has 25 heavy (non-hydrogen) atoms. The minimum absolute atomic E-state index is 0.166. The zero-order chi connectivity index (χ0) is 18.6. The van der Waals surface area contributed by atoms with Crippen molar-refractivity contribution in [3.63, 3.8) is 0 Å². The number of rotatable bonds is 7. The predicted molar refractivity (Wildman–Crippen MR) is 99.0 cm³/mol. The summed E-state index contributed by atoms with van der Waals surface area (Å²) in [7, 11) is 1.53. The molecule has 0 aliphatic carbocycles. The number of carbonyl (C=O) groups excluding carboxylic acids is 3. The zero-order valence-electron chi connectivity index (χ0n) is 14.8. The number of benzene rings is 1. The summed E-state index contributed by atoms with van der Waals surface area (Å²) in [6.45, 7) is 5.91. The minimum atomic E-state index is -0.308. The fourth-order valence-corrected chi connectivity index (χ4v) is 3.47. The van der Waals surface area contributed by atoms with Crippen molar-refractivity contribution in [2.45, 2.75) is 26.0 Å². The number of thioether (sulfide) groups is 1. The van der Waals surface area contributed by atoms with Crippen molar-refractivity contribution in [2.24, 2.45) is 0 Å². The maximum Gasteiger partial charge on any atom is 0.268 e. The average molecular weight is 362 g/mol. The van der Waals surface area contributed by atoms with Crippen molar-refractivity contribution in [1.82, 2.24) is 4.90 Å². The maximum absolute atomic E-state index is 12.8. The van der Waals surface area contributed by atoms with Gasteiger partial charge in [-0.05, 0) is 17.7 Å². The first-order valence-corrected chi connectivity index (χ1v) is 8.87. The van der Waals surface area contributed by atoms with Crippen LogP contribution in [0.2, 0.25) is 0 Å². The average Bonchev–Trinajstić information content (AvgIpc) is 2.76. The summed E-state index contributed by atoms with van der Waals surface area (Å²) in [6, 6.07) is 6.92. The van der Waals surface area contributed by atoms with Gasteiger partial charge in [0.25, 0.3) is 11.8 Å². The summed E-state index contributed by atoms with van der Waals surface area (Å²) in [5.41, 5.74) is 1.72. The van der Waals surface area contributed by atoms with Crippen molar-refractivity contribution >= 4 is 40.7 Å². The van der Waals surface area contributed by atoms with Crippen LogP contribution in [0.4, 0.5) is 5.69 Å². The lowest BCUT2D eigenvalue weighted by Gasteiger charge is -2.14. The number of nitrogens with one attached hydrogen (secondary N) is 1. The molecule has 0 saturated carbocycles. The molecule has 134 valence electrons. The van der Waals surface area contributed by atoms with Gasteiger partial charge in [0.1, 0.15) is 0 Å². The van der Waals surface area contributed by atoms with Gasteiger partial charge in [0.05, 0.1) is 23.6 Å². The number of nitrogens with zero attached hydrogens (tertiary/aromatic N) is 1. The predicted octanol–water partition coefficient (Wildman–Crippen LogP) is 2.51. The Hall–Kier alpha value is -2.12. The molecule has 6 nitrogen and oxygen atoms in total. The Morgan fingerprint density at radius 3 is 2.36 bits per heavy atom. The van der Waals surface area contributed by atoms with E-state index in [1.165, 1.54) is 30.7 Å². The Labute approximate surface area is 151 Å². The van der Waals surface area contributed by atoms with Gasteiger partial charge < -0.3 is 10.1 Å². The van der Waals surface area contributed by atoms with Crippen LogP contribution in [0.3, 0.4) is 0 Å². The largest absolute Gasteiger partial charge is 0.383 e. The van der Waals surface area contributed by atoms with Crippen LogP contribution in [0.1, 0.15) is 26.3 Å². The van der Waals surface area contributed by atoms with Crippen LogP contribution in [0, 0.1) is 0 Å². The highest BCUT2D eigenvalue weighted by atomic mass is 32.2. The van der Waals surface area contributed by atoms with E-state index < -0.39 is 0 Å². The number of hydrogen-bond donors (Lipinski definition) is 1. The number of hydrogen-bond acceptors (Lipinski definition) is 5. The first-order chi connectivity index (χ1) is 11.8. The first kappa shape index (κ1) is 19.2. The topological polar surface area (TPSA) is 75.7 Å². The molecule has 0 bridgehead atoms. The van der Waals surface area contributed by atoms with Crippen molar-refractivity contribution in [3.8, 4) is 0 Å². The standard InChI is InChI=1S/C18H22N2O4S/c1-11(2)25-16-15(17(22)20(18(16)23)9-10-24-4)13-5-7-14(8-6-13)19-12(3)21/h5-8,11H,9-10H2,1-4H3,(H,19,21). The van der Waals surface area contributed by atoms with Crippen LogP contribution < -0.4 is 5.32 Å². The highest BCUT2D eigenvalue weighted by Gasteiger charge is 2.39. The van der Waals surface area contributed by atoms with E-state index in [-0.39, 0.29) is 29.5 Å². The van der Waals surface area contributed by atoms with Gasteiger partial charge in [-0.2, -0.15) is 0 Å². The molecule has 1 aromatic carbocycles. The van der Waals surface area contributed by atoms with Crippen LogP contribution in [0.5, 0.6) is 0 Å². The van der Waals surface area contributed by atoms with E-state index in [0.717, 1.165) is 0 Å². The fourth-order valence-electron chi connectivity index (χ4n) is 2.46. The van der Waals surface area contributed by atoms with E-state index in [4.69, 9.17) is 4.74 Å². The molecule has 0 aromatic heterocycles. The Balaban J connectivity index is 2.38. The molecule has 0 radical (unpaired) electrons. The van der Waals surface area contributed by atoms with E-state index in [9.17, 15) is 14.4 Å². The molecule has 7 heteroatoms. The summed E-state index contributed by atoms with van der Waals surface area (Å²) in [6.07, 6.45) is 0. The number of ether oxygens (including phenoxy) is 1. The maximum atomic E-state index is 12.8. The second kappa shape index (κ2) is 8.31. The molecule has 0 fully saturated rings. The van der Waals surface area contributed by atoms with E-state index in [2.05, 4.69) is 5.32 Å². The highest BCUT2D eigenvalue weighted by molar-refractivity contribution is 8.04. The van der Waals surface area contributed by atoms with Gasteiger partial charge in [-0.25, -0.2) is 0 Å². The Kier molecular flexibility index (Phi) is 6.39. The molecule has 1 N–H and O–H groups in total. The lowest BCUT2D eigenvalue weighted by molar-refractivity contribution is -0.137. The summed E-state index contributed by atoms with van der Waals surface area (Å²) < 4.78 is 5.00. The molecular formula is C18H22N2O4S. The molecule has 0 atom stereocenters. The minimum Gasteiger partial charge on any atom is -0.383 e. The molecular weight excluding hydrogens is 340 g/mol. The van der Waals surface area contributed by atoms with Crippen molar-refractivity contribution in [2.75, 3.05) is 25.6 Å². The number of anilines is 1. The molecule has 0 spiro atoms. The molecule has 0 unspecified atom stereocenters. The monoisotopic (exact) mass is 362 g/mol. The van der Waals surface area contributed by atoms with Gasteiger partial charge in [0.2, 0.25) is 5.91 Å². The zero-order valence-corrected chi connectivity index (χ0v) is 15.6. The Morgan fingerprint density at radius 1 is 1.20 bits per heavy atom. The van der Waals surface area contributed by atoms with E-state index in [0.29, 0.717) is 28.3 Å². The van der Waals surface area contributed by atoms with Crippen molar-refractivity contribution in [3.05, 3.63) is 34.7 Å². The third kappa shape index (κ3) is 4.49. The Bertz CT molecular complexity index is 710. The molecule has 0 saturated heterocycles. The van der Waals surface area contributed by atoms with Crippen LogP contribution >= 0.6 is 11.8 Å². The molecule has 1 aromatic rings. The third-order valence-electron chi connectivity index (χ3n) is 3.49. The van der Waals surface area contributed by atoms with Gasteiger partial charge in [-0.3, -0.25) is 19.3 Å². The molecule has 3 amide bonds. The third-order valence-corrected chi connectivity index (χ3v) is 4.58. The van der Waals surface area contributed by atoms with Gasteiger partial charge in [0, 0.05) is 25.0 Å². The second-order valence-electron chi connectivity index (χ2n) is 5.88. The van der Waals surface area contributed by atoms with Crippen LogP contribution in [0.25, 0.3) is 5.57 Å². The first-order valence-electron chi connectivity index (χ1n) is 7.99. The molecule has 2 rings (SSSR count). The van der Waals surface area contributed by atoms with Gasteiger partial charge in [0.15, 0.2) is 0 Å². The second-order valence-corrected chi connectivity index (χ2v) is 7.47. The Morgan fingerprint density at radius 2 is 1.84 bits per heavy atom. The van der Waals surface area contributed by atoms with E-state index in [1.807, 2.05) is 13.8 Å². The van der Waals surface area contributed by atoms with Crippen LogP contribution in [-0.4, -0.2) is 48.1 Å². The molecule has 1 aliphatic rings. The quantitative estimate of drug-likeness (QED) is 0.754. The number of imide groups is 1. The SMILES string of the molecule is COCCN1C(=O)C(SC(C)C)=C(c2ccc(NC(C)=O)cc2)C1=O. The lowest BCUT2D eigenvalue weighted by atomic mass is 10.1. The summed E-state index contributed by atoms with van der Waals surface area (Å²) in [4.78, 5) is 38.3. The number of amides is 3. The van der Waals surface area contributed by atoms with Gasteiger partial charge in [-0.1, -0.05) is 26.0 Å². The van der Waals surface area contributed by atoms with Crippen LogP contribution in [0.15, 0.2) is 29.2 Å². The van der Waals surface area contributed by atoms with Gasteiger partial charge in [-0.15, -0.1) is 11.8 Å². The summed E-state index contributed by atoms with van der Waals surface area (Å²) >= 11 is 1.39. The van der Waals surface area contributed by atoms with Crippen LogP contribution in [-0.2, 0) is 19.1 Å². The number of carbonyl (C=O) groups is 3. The van der Waals surface area contributed by atoms with Crippen molar-refractivity contribution < 1.29 is 19.1 Å². The summed E-state index contributed by atoms with van der Waals surface area (Å²) in [5.74, 6) is -0.750. The molecule has 1 aliphatic heterocycles. The van der Waals surface area contributed by atoms with Crippen molar-refractivity contribution in [1.29, 1.82) is 0 Å². The van der Waals surface area contributed by atoms with Gasteiger partial charge >= 0.3 is 0 Å². The highest BCUT2D eigenvalue weighted by Crippen LogP contribution is 2.38. The van der Waals surface area contributed by atoms with E-state index >= 15 is 0 Å². The number of methoxy groups -OCH3 is 1. The van der Waals surface area contributed by atoms with E-state index in [1.54, 1.807) is 24.3 Å².